The molecule has 0 atom stereocenters. The number of hydrogen-bond donors (Lipinski definition) is 0. The lowest BCUT2D eigenvalue weighted by Gasteiger charge is -2.11. The molecule has 0 rings (SSSR count). The summed E-state index contributed by atoms with van der Waals surface area (Å²) in [5, 5.41) is 0.349. The second kappa shape index (κ2) is 7.59. The van der Waals surface area contributed by atoms with Crippen LogP contribution in [-0.2, 0) is 19.0 Å². The fraction of sp³-hybridized carbons (Fsp3) is 0.800. The van der Waals surface area contributed by atoms with Crippen LogP contribution in [0.1, 0.15) is 27.7 Å². The van der Waals surface area contributed by atoms with E-state index in [1.165, 1.54) is 0 Å². The Morgan fingerprint density at radius 3 is 2.07 bits per heavy atom. The fourth-order valence-corrected chi connectivity index (χ4v) is 1.09. The van der Waals surface area contributed by atoms with Crippen LogP contribution < -0.4 is 0 Å². The van der Waals surface area contributed by atoms with Crippen molar-refractivity contribution < 1.29 is 19.0 Å². The first-order valence-corrected chi connectivity index (χ1v) is 5.29. The molecule has 0 bridgehead atoms. The van der Waals surface area contributed by atoms with Gasteiger partial charge in [-0.3, -0.25) is 0 Å². The minimum Gasteiger partial charge on any atom is -0.482 e. The van der Waals surface area contributed by atoms with Gasteiger partial charge in [0, 0.05) is 0 Å². The first-order chi connectivity index (χ1) is 6.91. The second-order valence-electron chi connectivity index (χ2n) is 3.57. The van der Waals surface area contributed by atoms with Crippen molar-refractivity contribution in [3.63, 3.8) is 0 Å². The van der Waals surface area contributed by atoms with Gasteiger partial charge in [-0.1, -0.05) is 0 Å². The van der Waals surface area contributed by atoms with Crippen LogP contribution in [0.3, 0.4) is 0 Å². The van der Waals surface area contributed by atoms with Crippen LogP contribution in [0.5, 0.6) is 0 Å². The predicted octanol–water partition coefficient (Wildman–Crippen LogP) is 1.71. The van der Waals surface area contributed by atoms with Gasteiger partial charge in [-0.15, -0.1) is 0 Å². The van der Waals surface area contributed by atoms with E-state index in [0.717, 1.165) is 0 Å². The molecule has 0 N–H and O–H groups in total. The Bertz CT molecular complexity index is 191. The van der Waals surface area contributed by atoms with Gasteiger partial charge < -0.3 is 14.2 Å². The van der Waals surface area contributed by atoms with Gasteiger partial charge in [-0.05, 0) is 39.9 Å². The van der Waals surface area contributed by atoms with E-state index in [1.807, 2.05) is 13.8 Å². The molecule has 0 aromatic carbocycles. The first kappa shape index (κ1) is 14.3. The van der Waals surface area contributed by atoms with Gasteiger partial charge in [-0.2, -0.15) is 0 Å². The highest BCUT2D eigenvalue weighted by molar-refractivity contribution is 7.80. The summed E-state index contributed by atoms with van der Waals surface area (Å²) >= 11 is 4.87. The molecule has 0 aliphatic rings. The minimum atomic E-state index is -0.391. The van der Waals surface area contributed by atoms with E-state index in [1.54, 1.807) is 13.8 Å². The monoisotopic (exact) mass is 234 g/mol. The van der Waals surface area contributed by atoms with E-state index in [-0.39, 0.29) is 25.4 Å². The zero-order chi connectivity index (χ0) is 11.8. The van der Waals surface area contributed by atoms with Gasteiger partial charge in [-0.25, -0.2) is 4.79 Å². The lowest BCUT2D eigenvalue weighted by Crippen LogP contribution is -2.21. The standard InChI is InChI=1S/C10H18O4S/c1-7(2)13-9(11)5-12-6-10(15)14-8(3)4/h7-8H,5-6H2,1-4H3. The third-order valence-corrected chi connectivity index (χ3v) is 1.39. The predicted molar refractivity (Wildman–Crippen MR) is 60.9 cm³/mol. The van der Waals surface area contributed by atoms with Gasteiger partial charge in [0.05, 0.1) is 12.2 Å². The molecule has 4 nitrogen and oxygen atoms in total. The number of carbonyl (C=O) groups is 1. The highest BCUT2D eigenvalue weighted by Crippen LogP contribution is 1.94. The van der Waals surface area contributed by atoms with Crippen molar-refractivity contribution in [2.24, 2.45) is 0 Å². The summed E-state index contributed by atoms with van der Waals surface area (Å²) in [4.78, 5) is 11.0. The second-order valence-corrected chi connectivity index (χ2v) is 4.03. The lowest BCUT2D eigenvalue weighted by atomic mass is 10.5. The van der Waals surface area contributed by atoms with Crippen molar-refractivity contribution in [3.05, 3.63) is 0 Å². The van der Waals surface area contributed by atoms with Crippen LogP contribution in [-0.4, -0.2) is 36.4 Å². The zero-order valence-electron chi connectivity index (χ0n) is 9.61. The summed E-state index contributed by atoms with van der Waals surface area (Å²) in [6.45, 7) is 7.36. The molecule has 0 amide bonds. The van der Waals surface area contributed by atoms with E-state index in [9.17, 15) is 4.79 Å². The van der Waals surface area contributed by atoms with Crippen LogP contribution in [0, 0.1) is 0 Å². The van der Waals surface area contributed by atoms with E-state index >= 15 is 0 Å². The van der Waals surface area contributed by atoms with Crippen LogP contribution in [0.25, 0.3) is 0 Å². The Labute approximate surface area is 95.9 Å². The highest BCUT2D eigenvalue weighted by atomic mass is 32.1. The Morgan fingerprint density at radius 1 is 1.07 bits per heavy atom. The Kier molecular flexibility index (Phi) is 7.25. The van der Waals surface area contributed by atoms with Crippen molar-refractivity contribution in [1.82, 2.24) is 0 Å². The zero-order valence-corrected chi connectivity index (χ0v) is 10.4. The summed E-state index contributed by atoms with van der Waals surface area (Å²) < 4.78 is 15.1. The molecule has 0 aromatic rings. The maximum Gasteiger partial charge on any atom is 0.332 e. The number of thiocarbonyl (C=S) groups is 1. The Hall–Kier alpha value is -0.680. The molecule has 0 spiro atoms. The van der Waals surface area contributed by atoms with E-state index in [0.29, 0.717) is 5.05 Å². The first-order valence-electron chi connectivity index (χ1n) is 4.88. The third-order valence-electron chi connectivity index (χ3n) is 1.17. The molecule has 0 unspecified atom stereocenters. The lowest BCUT2D eigenvalue weighted by molar-refractivity contribution is -0.152. The molecule has 15 heavy (non-hydrogen) atoms. The van der Waals surface area contributed by atoms with Gasteiger partial charge in [0.25, 0.3) is 0 Å². The molecule has 0 aromatic heterocycles. The highest BCUT2D eigenvalue weighted by Gasteiger charge is 2.07. The summed E-state index contributed by atoms with van der Waals surface area (Å²) in [7, 11) is 0. The normalized spacial score (nSPS) is 10.5. The van der Waals surface area contributed by atoms with Crippen molar-refractivity contribution in [3.8, 4) is 0 Å². The summed E-state index contributed by atoms with van der Waals surface area (Å²) in [6, 6.07) is 0. The van der Waals surface area contributed by atoms with Crippen LogP contribution >= 0.6 is 12.2 Å². The number of esters is 1. The SMILES string of the molecule is CC(C)OC(=O)COCC(=S)OC(C)C. The van der Waals surface area contributed by atoms with Crippen molar-refractivity contribution in [2.75, 3.05) is 13.2 Å². The molecule has 0 fully saturated rings. The molecule has 88 valence electrons. The molecule has 0 aliphatic carbocycles. The maximum absolute atomic E-state index is 11.0. The fourth-order valence-electron chi connectivity index (χ4n) is 0.812. The topological polar surface area (TPSA) is 44.8 Å². The van der Waals surface area contributed by atoms with Crippen molar-refractivity contribution in [1.29, 1.82) is 0 Å². The summed E-state index contributed by atoms with van der Waals surface area (Å²) in [5.41, 5.74) is 0. The number of carbonyl (C=O) groups excluding carboxylic acids is 1. The summed E-state index contributed by atoms with van der Waals surface area (Å²) in [6.07, 6.45) is -0.0938. The van der Waals surface area contributed by atoms with E-state index < -0.39 is 5.97 Å². The molecule has 0 heterocycles. The van der Waals surface area contributed by atoms with Crippen LogP contribution in [0.4, 0.5) is 0 Å². The van der Waals surface area contributed by atoms with E-state index in [4.69, 9.17) is 26.4 Å². The average molecular weight is 234 g/mol. The van der Waals surface area contributed by atoms with Gasteiger partial charge in [0.15, 0.2) is 5.05 Å². The van der Waals surface area contributed by atoms with Gasteiger partial charge in [0.1, 0.15) is 13.2 Å². The largest absolute Gasteiger partial charge is 0.482 e. The Balaban J connectivity index is 3.53. The average Bonchev–Trinajstić information content (AvgIpc) is 2.00. The van der Waals surface area contributed by atoms with Gasteiger partial charge >= 0.3 is 5.97 Å². The molecule has 0 aliphatic heterocycles. The van der Waals surface area contributed by atoms with Crippen LogP contribution in [0.2, 0.25) is 0 Å². The third kappa shape index (κ3) is 9.62. The molecule has 0 radical (unpaired) electrons. The molecule has 0 saturated heterocycles. The molecular formula is C10H18O4S. The van der Waals surface area contributed by atoms with E-state index in [2.05, 4.69) is 0 Å². The van der Waals surface area contributed by atoms with Crippen molar-refractivity contribution >= 4 is 23.2 Å². The molecular weight excluding hydrogens is 216 g/mol. The quantitative estimate of drug-likeness (QED) is 0.517. The van der Waals surface area contributed by atoms with Crippen LogP contribution in [0.15, 0.2) is 0 Å². The number of hydrogen-bond acceptors (Lipinski definition) is 5. The minimum absolute atomic E-state index is 0.0312. The molecule has 0 saturated carbocycles. The molecule has 5 heteroatoms. The maximum atomic E-state index is 11.0. The Morgan fingerprint density at radius 2 is 1.60 bits per heavy atom. The number of ether oxygens (including phenoxy) is 3. The van der Waals surface area contributed by atoms with Crippen molar-refractivity contribution in [2.45, 2.75) is 39.9 Å². The van der Waals surface area contributed by atoms with Gasteiger partial charge in [0.2, 0.25) is 0 Å². The summed E-state index contributed by atoms with van der Waals surface area (Å²) in [5.74, 6) is -0.391. The smallest absolute Gasteiger partial charge is 0.332 e. The number of rotatable bonds is 6.